The Balaban J connectivity index is 1.60. The quantitative estimate of drug-likeness (QED) is 0.534. The molecule has 0 unspecified atom stereocenters. The van der Waals surface area contributed by atoms with Crippen LogP contribution in [-0.2, 0) is 17.9 Å². The SMILES string of the molecule is COc1ccc(C)cc1NC(=O)Cn1ccc2ccn(Cc3ccccc3)c2c1=O. The normalized spacial score (nSPS) is 10.9. The van der Waals surface area contributed by atoms with Gasteiger partial charge in [0.15, 0.2) is 0 Å². The van der Waals surface area contributed by atoms with E-state index in [9.17, 15) is 9.59 Å². The number of methoxy groups -OCH3 is 1. The van der Waals surface area contributed by atoms with Crippen molar-refractivity contribution >= 4 is 22.5 Å². The molecule has 0 atom stereocenters. The molecule has 0 aliphatic rings. The van der Waals surface area contributed by atoms with Crippen molar-refractivity contribution in [2.24, 2.45) is 0 Å². The molecule has 0 aliphatic carbocycles. The highest BCUT2D eigenvalue weighted by atomic mass is 16.5. The van der Waals surface area contributed by atoms with Crippen LogP contribution in [0.25, 0.3) is 10.9 Å². The molecule has 30 heavy (non-hydrogen) atoms. The number of amides is 1. The molecule has 4 aromatic rings. The van der Waals surface area contributed by atoms with Gasteiger partial charge in [0, 0.05) is 24.3 Å². The van der Waals surface area contributed by atoms with E-state index in [0.29, 0.717) is 23.5 Å². The van der Waals surface area contributed by atoms with Crippen molar-refractivity contribution in [3.05, 3.63) is 94.5 Å². The lowest BCUT2D eigenvalue weighted by atomic mass is 10.2. The fourth-order valence-electron chi connectivity index (χ4n) is 3.54. The van der Waals surface area contributed by atoms with Crippen molar-refractivity contribution in [2.75, 3.05) is 12.4 Å². The third-order valence-electron chi connectivity index (χ3n) is 5.03. The Bertz CT molecular complexity index is 1260. The van der Waals surface area contributed by atoms with Gasteiger partial charge in [0.2, 0.25) is 5.91 Å². The van der Waals surface area contributed by atoms with E-state index in [2.05, 4.69) is 5.32 Å². The number of hydrogen-bond acceptors (Lipinski definition) is 3. The van der Waals surface area contributed by atoms with Crippen LogP contribution in [0.2, 0.25) is 0 Å². The molecule has 0 saturated carbocycles. The second-order valence-electron chi connectivity index (χ2n) is 7.23. The van der Waals surface area contributed by atoms with E-state index in [1.54, 1.807) is 19.4 Å². The molecule has 6 nitrogen and oxygen atoms in total. The topological polar surface area (TPSA) is 65.3 Å². The minimum atomic E-state index is -0.290. The van der Waals surface area contributed by atoms with E-state index in [-0.39, 0.29) is 18.0 Å². The summed E-state index contributed by atoms with van der Waals surface area (Å²) in [6.45, 7) is 2.45. The maximum atomic E-state index is 13.1. The maximum absolute atomic E-state index is 13.1. The molecule has 0 radical (unpaired) electrons. The highest BCUT2D eigenvalue weighted by Gasteiger charge is 2.13. The van der Waals surface area contributed by atoms with Crippen LogP contribution in [0, 0.1) is 6.92 Å². The van der Waals surface area contributed by atoms with E-state index in [1.165, 1.54) is 4.57 Å². The summed E-state index contributed by atoms with van der Waals surface area (Å²) in [6, 6.07) is 19.3. The molecule has 0 saturated heterocycles. The summed E-state index contributed by atoms with van der Waals surface area (Å²) >= 11 is 0. The van der Waals surface area contributed by atoms with Crippen LogP contribution in [0.5, 0.6) is 5.75 Å². The lowest BCUT2D eigenvalue weighted by Gasteiger charge is -2.12. The average Bonchev–Trinajstić information content (AvgIpc) is 3.14. The van der Waals surface area contributed by atoms with Crippen molar-refractivity contribution in [1.82, 2.24) is 9.13 Å². The predicted octanol–water partition coefficient (Wildman–Crippen LogP) is 3.81. The second kappa shape index (κ2) is 8.29. The Labute approximate surface area is 174 Å². The Morgan fingerprint density at radius 3 is 2.47 bits per heavy atom. The number of anilines is 1. The summed E-state index contributed by atoms with van der Waals surface area (Å²) in [6.07, 6.45) is 3.56. The van der Waals surface area contributed by atoms with Gasteiger partial charge >= 0.3 is 0 Å². The first kappa shape index (κ1) is 19.5. The van der Waals surface area contributed by atoms with Gasteiger partial charge in [-0.25, -0.2) is 0 Å². The van der Waals surface area contributed by atoms with Crippen LogP contribution in [0.1, 0.15) is 11.1 Å². The second-order valence-corrected chi connectivity index (χ2v) is 7.23. The number of aromatic nitrogens is 2. The van der Waals surface area contributed by atoms with Gasteiger partial charge in [-0.15, -0.1) is 0 Å². The first-order chi connectivity index (χ1) is 14.5. The molecule has 2 aromatic heterocycles. The number of nitrogens with zero attached hydrogens (tertiary/aromatic N) is 2. The Hall–Kier alpha value is -3.80. The summed E-state index contributed by atoms with van der Waals surface area (Å²) in [5, 5.41) is 3.70. The molecule has 1 amide bonds. The van der Waals surface area contributed by atoms with E-state index < -0.39 is 0 Å². The minimum Gasteiger partial charge on any atom is -0.495 e. The number of pyridine rings is 1. The molecule has 152 valence electrons. The Kier molecular flexibility index (Phi) is 5.39. The number of rotatable bonds is 6. The van der Waals surface area contributed by atoms with Crippen molar-refractivity contribution in [1.29, 1.82) is 0 Å². The molecule has 1 N–H and O–H groups in total. The van der Waals surface area contributed by atoms with Crippen LogP contribution >= 0.6 is 0 Å². The molecule has 2 heterocycles. The van der Waals surface area contributed by atoms with Crippen molar-refractivity contribution in [3.8, 4) is 5.75 Å². The zero-order chi connectivity index (χ0) is 21.1. The maximum Gasteiger partial charge on any atom is 0.275 e. The number of nitrogens with one attached hydrogen (secondary N) is 1. The lowest BCUT2D eigenvalue weighted by Crippen LogP contribution is -2.28. The van der Waals surface area contributed by atoms with E-state index in [4.69, 9.17) is 4.74 Å². The summed E-state index contributed by atoms with van der Waals surface area (Å²) in [7, 11) is 1.56. The number of benzene rings is 2. The highest BCUT2D eigenvalue weighted by molar-refractivity contribution is 5.92. The smallest absolute Gasteiger partial charge is 0.275 e. The molecule has 0 fully saturated rings. The molecular formula is C24H23N3O3. The zero-order valence-electron chi connectivity index (χ0n) is 17.0. The van der Waals surface area contributed by atoms with Crippen LogP contribution in [0.3, 0.4) is 0 Å². The van der Waals surface area contributed by atoms with E-state index >= 15 is 0 Å². The molecule has 2 aromatic carbocycles. The molecule has 0 spiro atoms. The van der Waals surface area contributed by atoms with Gasteiger partial charge < -0.3 is 19.2 Å². The highest BCUT2D eigenvalue weighted by Crippen LogP contribution is 2.25. The van der Waals surface area contributed by atoms with Gasteiger partial charge in [0.25, 0.3) is 5.56 Å². The number of carbonyl (C=O) groups excluding carboxylic acids is 1. The van der Waals surface area contributed by atoms with Gasteiger partial charge in [0.05, 0.1) is 12.8 Å². The monoisotopic (exact) mass is 401 g/mol. The average molecular weight is 401 g/mol. The van der Waals surface area contributed by atoms with Gasteiger partial charge in [-0.3, -0.25) is 9.59 Å². The zero-order valence-corrected chi connectivity index (χ0v) is 17.0. The summed E-state index contributed by atoms with van der Waals surface area (Å²) in [5.41, 5.74) is 3.09. The number of hydrogen-bond donors (Lipinski definition) is 1. The molecular weight excluding hydrogens is 378 g/mol. The Morgan fingerprint density at radius 1 is 1.00 bits per heavy atom. The minimum absolute atomic E-state index is 0.0810. The van der Waals surface area contributed by atoms with Crippen molar-refractivity contribution < 1.29 is 9.53 Å². The van der Waals surface area contributed by atoms with Gasteiger partial charge in [0.1, 0.15) is 17.8 Å². The largest absolute Gasteiger partial charge is 0.495 e. The molecule has 4 rings (SSSR count). The third-order valence-corrected chi connectivity index (χ3v) is 5.03. The number of carbonyl (C=O) groups is 1. The lowest BCUT2D eigenvalue weighted by molar-refractivity contribution is -0.116. The number of ether oxygens (including phenoxy) is 1. The van der Waals surface area contributed by atoms with Gasteiger partial charge in [-0.1, -0.05) is 36.4 Å². The van der Waals surface area contributed by atoms with Crippen LogP contribution in [-0.4, -0.2) is 22.2 Å². The van der Waals surface area contributed by atoms with Crippen molar-refractivity contribution in [2.45, 2.75) is 20.0 Å². The van der Waals surface area contributed by atoms with Gasteiger partial charge in [-0.05, 0) is 42.3 Å². The van der Waals surface area contributed by atoms with E-state index in [1.807, 2.05) is 72.3 Å². The molecule has 0 aliphatic heterocycles. The van der Waals surface area contributed by atoms with E-state index in [0.717, 1.165) is 16.5 Å². The predicted molar refractivity (Wildman–Crippen MR) is 118 cm³/mol. The summed E-state index contributed by atoms with van der Waals surface area (Å²) in [4.78, 5) is 25.7. The first-order valence-corrected chi connectivity index (χ1v) is 9.72. The molecule has 0 bridgehead atoms. The van der Waals surface area contributed by atoms with Crippen LogP contribution < -0.4 is 15.6 Å². The standard InChI is InChI=1S/C24H23N3O3/c1-17-8-9-21(30-2)20(14-17)25-22(28)16-27-13-11-19-10-12-26(23(19)24(27)29)15-18-6-4-3-5-7-18/h3-14H,15-16H2,1-2H3,(H,25,28). The van der Waals surface area contributed by atoms with Crippen LogP contribution in [0.15, 0.2) is 77.9 Å². The summed E-state index contributed by atoms with van der Waals surface area (Å²) < 4.78 is 8.66. The fraction of sp³-hybridized carbons (Fsp3) is 0.167. The number of fused-ring (bicyclic) bond motifs is 1. The molecule has 6 heteroatoms. The van der Waals surface area contributed by atoms with Crippen molar-refractivity contribution in [3.63, 3.8) is 0 Å². The number of aryl methyl sites for hydroxylation is 1. The van der Waals surface area contributed by atoms with Gasteiger partial charge in [-0.2, -0.15) is 0 Å². The fourth-order valence-corrected chi connectivity index (χ4v) is 3.54. The Morgan fingerprint density at radius 2 is 1.73 bits per heavy atom. The first-order valence-electron chi connectivity index (χ1n) is 9.72. The summed E-state index contributed by atoms with van der Waals surface area (Å²) in [5.74, 6) is 0.287. The van der Waals surface area contributed by atoms with Crippen LogP contribution in [0.4, 0.5) is 5.69 Å². The third kappa shape index (κ3) is 3.98.